The molecule has 30 heavy (non-hydrogen) atoms. The number of sulfone groups is 1. The quantitative estimate of drug-likeness (QED) is 0.702. The minimum absolute atomic E-state index is 0.00509. The molecular weight excluding hydrogens is 406 g/mol. The van der Waals surface area contributed by atoms with E-state index in [-0.39, 0.29) is 42.1 Å². The second-order valence-corrected chi connectivity index (χ2v) is 11.5. The van der Waals surface area contributed by atoms with Crippen LogP contribution in [0.15, 0.2) is 12.4 Å². The number of amides is 2. The molecule has 0 spiro atoms. The summed E-state index contributed by atoms with van der Waals surface area (Å²) in [5.41, 5.74) is 0.00509. The number of fused-ring (bicyclic) bond motifs is 4. The van der Waals surface area contributed by atoms with Gasteiger partial charge in [0.05, 0.1) is 36.5 Å². The van der Waals surface area contributed by atoms with Gasteiger partial charge in [-0.1, -0.05) is 13.8 Å². The van der Waals surface area contributed by atoms with Crippen molar-refractivity contribution in [2.45, 2.75) is 33.2 Å². The molecule has 2 amide bonds. The van der Waals surface area contributed by atoms with Crippen molar-refractivity contribution < 1.29 is 17.9 Å². The third-order valence-electron chi connectivity index (χ3n) is 6.49. The van der Waals surface area contributed by atoms with Crippen LogP contribution in [0, 0.1) is 11.3 Å². The van der Waals surface area contributed by atoms with Crippen LogP contribution < -0.4 is 9.64 Å². The minimum atomic E-state index is -3.01. The largest absolute Gasteiger partial charge is 0.491 e. The third kappa shape index (κ3) is 4.19. The predicted molar refractivity (Wildman–Crippen MR) is 113 cm³/mol. The zero-order valence-corrected chi connectivity index (χ0v) is 18.8. The molecule has 2 unspecified atom stereocenters. The van der Waals surface area contributed by atoms with E-state index in [0.717, 1.165) is 13.0 Å². The first-order chi connectivity index (χ1) is 14.2. The Morgan fingerprint density at radius 3 is 2.43 bits per heavy atom. The van der Waals surface area contributed by atoms with Crippen molar-refractivity contribution in [1.82, 2.24) is 19.8 Å². The normalized spacial score (nSPS) is 27.6. The summed E-state index contributed by atoms with van der Waals surface area (Å²) in [7, 11) is -3.01. The number of ether oxygens (including phenoxy) is 1. The van der Waals surface area contributed by atoms with Gasteiger partial charge in [-0.15, -0.1) is 0 Å². The van der Waals surface area contributed by atoms with Crippen molar-refractivity contribution in [2.75, 3.05) is 55.7 Å². The summed E-state index contributed by atoms with van der Waals surface area (Å²) in [6.07, 6.45) is 4.44. The highest BCUT2D eigenvalue weighted by atomic mass is 32.2. The van der Waals surface area contributed by atoms with E-state index in [4.69, 9.17) is 4.74 Å². The van der Waals surface area contributed by atoms with Gasteiger partial charge in [-0.2, -0.15) is 0 Å². The van der Waals surface area contributed by atoms with E-state index in [1.807, 2.05) is 11.8 Å². The lowest BCUT2D eigenvalue weighted by Crippen LogP contribution is -2.55. The lowest BCUT2D eigenvalue weighted by molar-refractivity contribution is 0.153. The molecule has 10 heteroatoms. The Hall–Kier alpha value is -2.10. The number of aromatic nitrogens is 2. The topological polar surface area (TPSA) is 95.9 Å². The number of piperidine rings is 1. The van der Waals surface area contributed by atoms with Crippen LogP contribution in [-0.4, -0.2) is 91.1 Å². The number of rotatable bonds is 3. The number of carbonyl (C=O) groups is 1. The highest BCUT2D eigenvalue weighted by Crippen LogP contribution is 2.42. The van der Waals surface area contributed by atoms with Gasteiger partial charge in [-0.05, 0) is 24.7 Å². The smallest absolute Gasteiger partial charge is 0.320 e. The summed E-state index contributed by atoms with van der Waals surface area (Å²) in [5, 5.41) is 0. The highest BCUT2D eigenvalue weighted by Gasteiger charge is 2.48. The Morgan fingerprint density at radius 2 is 1.80 bits per heavy atom. The van der Waals surface area contributed by atoms with Gasteiger partial charge >= 0.3 is 6.03 Å². The summed E-state index contributed by atoms with van der Waals surface area (Å²) in [6, 6.07) is 0.0405. The van der Waals surface area contributed by atoms with E-state index in [1.165, 1.54) is 0 Å². The minimum Gasteiger partial charge on any atom is -0.491 e. The molecule has 4 aliphatic rings. The molecule has 1 aromatic rings. The van der Waals surface area contributed by atoms with Crippen molar-refractivity contribution in [3.63, 3.8) is 0 Å². The fraction of sp³-hybridized carbons (Fsp3) is 0.750. The number of anilines is 1. The van der Waals surface area contributed by atoms with Crippen molar-refractivity contribution >= 4 is 21.8 Å². The van der Waals surface area contributed by atoms with Crippen LogP contribution in [0.4, 0.5) is 10.7 Å². The second-order valence-electron chi connectivity index (χ2n) is 9.21. The van der Waals surface area contributed by atoms with Gasteiger partial charge in [0.2, 0.25) is 5.95 Å². The number of hydrogen-bond acceptors (Lipinski definition) is 7. The van der Waals surface area contributed by atoms with Crippen molar-refractivity contribution in [3.8, 4) is 5.75 Å². The first kappa shape index (κ1) is 21.1. The van der Waals surface area contributed by atoms with Crippen LogP contribution in [-0.2, 0) is 9.84 Å². The zero-order valence-electron chi connectivity index (χ0n) is 18.0. The van der Waals surface area contributed by atoms with Crippen LogP contribution in [0.2, 0.25) is 0 Å². The van der Waals surface area contributed by atoms with Gasteiger partial charge in [0.15, 0.2) is 15.6 Å². The van der Waals surface area contributed by atoms with E-state index in [9.17, 15) is 13.2 Å². The van der Waals surface area contributed by atoms with Crippen LogP contribution in [0.5, 0.6) is 5.75 Å². The molecule has 4 aliphatic heterocycles. The maximum absolute atomic E-state index is 13.2. The summed E-state index contributed by atoms with van der Waals surface area (Å²) < 4.78 is 28.9. The summed E-state index contributed by atoms with van der Waals surface area (Å²) >= 11 is 0. The van der Waals surface area contributed by atoms with Gasteiger partial charge in [0.25, 0.3) is 0 Å². The molecule has 9 nitrogen and oxygen atoms in total. The number of urea groups is 1. The monoisotopic (exact) mass is 437 g/mol. The van der Waals surface area contributed by atoms with E-state index in [2.05, 4.69) is 28.7 Å². The molecule has 0 aliphatic carbocycles. The van der Waals surface area contributed by atoms with Crippen molar-refractivity contribution in [3.05, 3.63) is 12.4 Å². The Labute approximate surface area is 178 Å². The average Bonchev–Trinajstić information content (AvgIpc) is 2.95. The van der Waals surface area contributed by atoms with Crippen molar-refractivity contribution in [2.24, 2.45) is 11.3 Å². The Bertz CT molecular complexity index is 875. The summed E-state index contributed by atoms with van der Waals surface area (Å²) in [5.74, 6) is 1.73. The number of carbonyl (C=O) groups excluding carboxylic acids is 1. The van der Waals surface area contributed by atoms with Crippen molar-refractivity contribution in [1.29, 1.82) is 0 Å². The lowest BCUT2D eigenvalue weighted by Gasteiger charge is -2.47. The fourth-order valence-electron chi connectivity index (χ4n) is 5.01. The molecule has 0 radical (unpaired) electrons. The maximum Gasteiger partial charge on any atom is 0.320 e. The van der Waals surface area contributed by atoms with E-state index in [0.29, 0.717) is 37.3 Å². The third-order valence-corrected chi connectivity index (χ3v) is 8.10. The molecule has 5 heterocycles. The zero-order chi connectivity index (χ0) is 21.5. The molecule has 1 aromatic heterocycles. The van der Waals surface area contributed by atoms with E-state index in [1.54, 1.807) is 17.3 Å². The molecule has 166 valence electrons. The van der Waals surface area contributed by atoms with Gasteiger partial charge in [-0.3, -0.25) is 0 Å². The van der Waals surface area contributed by atoms with Crippen LogP contribution in [0.3, 0.4) is 0 Å². The molecule has 4 saturated heterocycles. The molecule has 2 atom stereocenters. The molecule has 2 bridgehead atoms. The fourth-order valence-corrected chi connectivity index (χ4v) is 6.22. The predicted octanol–water partition coefficient (Wildman–Crippen LogP) is 1.26. The highest BCUT2D eigenvalue weighted by molar-refractivity contribution is 7.91. The maximum atomic E-state index is 13.2. The summed E-state index contributed by atoms with van der Waals surface area (Å²) in [4.78, 5) is 28.1. The molecule has 5 rings (SSSR count). The Kier molecular flexibility index (Phi) is 5.54. The van der Waals surface area contributed by atoms with Gasteiger partial charge in [-0.25, -0.2) is 23.2 Å². The number of hydrogen-bond donors (Lipinski definition) is 0. The average molecular weight is 438 g/mol. The second kappa shape index (κ2) is 7.86. The Balaban J connectivity index is 1.53. The SMILES string of the molecule is CCOc1cnc(N2CC3CN(C(=O)N4CCS(=O)(=O)CC4)CC2C(C)(C)C3)nc1. The first-order valence-corrected chi connectivity index (χ1v) is 12.5. The molecule has 0 aromatic carbocycles. The Morgan fingerprint density at radius 1 is 1.13 bits per heavy atom. The summed E-state index contributed by atoms with van der Waals surface area (Å²) in [6.45, 7) is 9.61. The van der Waals surface area contributed by atoms with E-state index < -0.39 is 9.84 Å². The van der Waals surface area contributed by atoms with Crippen LogP contribution in [0.1, 0.15) is 27.2 Å². The van der Waals surface area contributed by atoms with Gasteiger partial charge in [0.1, 0.15) is 0 Å². The molecule has 0 saturated carbocycles. The molecule has 4 fully saturated rings. The number of nitrogens with zero attached hydrogens (tertiary/aromatic N) is 5. The van der Waals surface area contributed by atoms with Crippen LogP contribution in [0.25, 0.3) is 0 Å². The lowest BCUT2D eigenvalue weighted by atomic mass is 9.73. The molecule has 0 N–H and O–H groups in total. The van der Waals surface area contributed by atoms with Gasteiger partial charge < -0.3 is 19.4 Å². The van der Waals surface area contributed by atoms with Crippen LogP contribution >= 0.6 is 0 Å². The van der Waals surface area contributed by atoms with Gasteiger partial charge in [0, 0.05) is 32.7 Å². The molecular formula is C20H31N5O4S. The first-order valence-electron chi connectivity index (χ1n) is 10.6. The van der Waals surface area contributed by atoms with E-state index >= 15 is 0 Å². The standard InChI is InChI=1S/C20H31N5O4S/c1-4-29-16-10-21-18(22-11-16)25-13-15-9-20(2,3)17(25)14-24(12-15)19(26)23-5-7-30(27,28)8-6-23/h10-11,15,17H,4-9,12-14H2,1-3H3.